The van der Waals surface area contributed by atoms with Gasteiger partial charge in [-0.15, -0.1) is 0 Å². The highest BCUT2D eigenvalue weighted by Crippen LogP contribution is 2.14. The monoisotopic (exact) mass is 187 g/mol. The molecule has 0 unspecified atom stereocenters. The Bertz CT molecular complexity index is 277. The second kappa shape index (κ2) is 3.74. The van der Waals surface area contributed by atoms with Crippen LogP contribution < -0.4 is 0 Å². The molecule has 0 heterocycles. The fourth-order valence-electron chi connectivity index (χ4n) is 0.795. The summed E-state index contributed by atoms with van der Waals surface area (Å²) in [5.74, 6) is 0. The van der Waals surface area contributed by atoms with Crippen molar-refractivity contribution in [1.82, 2.24) is 0 Å². The van der Waals surface area contributed by atoms with Crippen LogP contribution in [0.15, 0.2) is 29.3 Å². The van der Waals surface area contributed by atoms with Crippen LogP contribution in [0.3, 0.4) is 0 Å². The van der Waals surface area contributed by atoms with Crippen molar-refractivity contribution in [3.63, 3.8) is 0 Å². The third-order valence-corrected chi connectivity index (χ3v) is 1.38. The van der Waals surface area contributed by atoms with Crippen molar-refractivity contribution >= 4 is 33.5 Å². The van der Waals surface area contributed by atoms with E-state index in [-0.39, 0.29) is 4.63 Å². The minimum absolute atomic E-state index is 0.0376. The third kappa shape index (κ3) is 2.91. The molecule has 0 spiro atoms. The Morgan fingerprint density at radius 2 is 2.09 bits per heavy atom. The molecule has 0 aromatic heterocycles. The Morgan fingerprint density at radius 1 is 1.36 bits per heavy atom. The van der Waals surface area contributed by atoms with Gasteiger partial charge in [0.15, 0.2) is 4.63 Å². The topological polar surface area (TPSA) is 12.4 Å². The van der Waals surface area contributed by atoms with Crippen LogP contribution in [0.1, 0.15) is 5.56 Å². The van der Waals surface area contributed by atoms with Crippen molar-refractivity contribution < 1.29 is 0 Å². The van der Waals surface area contributed by atoms with Gasteiger partial charge in [-0.3, -0.25) is 0 Å². The summed E-state index contributed by atoms with van der Waals surface area (Å²) in [5, 5.41) is 0. The van der Waals surface area contributed by atoms with E-state index in [1.807, 2.05) is 31.2 Å². The second-order valence-electron chi connectivity index (χ2n) is 2.19. The highest BCUT2D eigenvalue weighted by Gasteiger charge is 1.90. The minimum atomic E-state index is 0.0376. The molecule has 0 atom stereocenters. The molecule has 0 N–H and O–H groups in total. The van der Waals surface area contributed by atoms with Gasteiger partial charge in [0, 0.05) is 0 Å². The zero-order chi connectivity index (χ0) is 8.27. The standard InChI is InChI=1S/C8H7Cl2N/c1-6-3-2-4-7(5-6)11-8(9)10/h2-5H,1H3. The summed E-state index contributed by atoms with van der Waals surface area (Å²) in [4.78, 5) is 3.87. The maximum Gasteiger partial charge on any atom is 0.197 e. The van der Waals surface area contributed by atoms with Crippen LogP contribution in [-0.4, -0.2) is 4.63 Å². The third-order valence-electron chi connectivity index (χ3n) is 1.22. The zero-order valence-electron chi connectivity index (χ0n) is 6.01. The largest absolute Gasteiger partial charge is 0.225 e. The summed E-state index contributed by atoms with van der Waals surface area (Å²) in [6.07, 6.45) is 0. The molecular formula is C8H7Cl2N. The van der Waals surface area contributed by atoms with Crippen LogP contribution >= 0.6 is 23.2 Å². The van der Waals surface area contributed by atoms with Gasteiger partial charge in [-0.2, -0.15) is 0 Å². The summed E-state index contributed by atoms with van der Waals surface area (Å²) in [5.41, 5.74) is 1.92. The number of hydrogen-bond acceptors (Lipinski definition) is 1. The summed E-state index contributed by atoms with van der Waals surface area (Å²) >= 11 is 10.8. The molecule has 1 aromatic rings. The number of halogens is 2. The maximum atomic E-state index is 5.38. The van der Waals surface area contributed by atoms with E-state index in [0.717, 1.165) is 11.3 Å². The van der Waals surface area contributed by atoms with E-state index < -0.39 is 0 Å². The molecule has 0 aliphatic heterocycles. The first-order chi connectivity index (χ1) is 5.18. The van der Waals surface area contributed by atoms with E-state index in [9.17, 15) is 0 Å². The van der Waals surface area contributed by atoms with E-state index in [1.54, 1.807) is 0 Å². The summed E-state index contributed by atoms with van der Waals surface area (Å²) < 4.78 is 0.0376. The van der Waals surface area contributed by atoms with Crippen LogP contribution in [0.25, 0.3) is 0 Å². The molecule has 1 nitrogen and oxygen atoms in total. The number of aryl methyl sites for hydroxylation is 1. The number of hydrogen-bond donors (Lipinski definition) is 0. The van der Waals surface area contributed by atoms with E-state index in [1.165, 1.54) is 0 Å². The average molecular weight is 188 g/mol. The predicted octanol–water partition coefficient (Wildman–Crippen LogP) is 3.46. The van der Waals surface area contributed by atoms with Crippen LogP contribution in [0.4, 0.5) is 5.69 Å². The molecule has 0 aliphatic carbocycles. The Morgan fingerprint density at radius 3 is 2.64 bits per heavy atom. The zero-order valence-corrected chi connectivity index (χ0v) is 7.52. The van der Waals surface area contributed by atoms with Crippen molar-refractivity contribution in [3.8, 4) is 0 Å². The molecule has 1 rings (SSSR count). The Labute approximate surface area is 75.7 Å². The lowest BCUT2D eigenvalue weighted by Crippen LogP contribution is -1.72. The summed E-state index contributed by atoms with van der Waals surface area (Å²) in [6, 6.07) is 7.65. The van der Waals surface area contributed by atoms with Gasteiger partial charge in [0.25, 0.3) is 0 Å². The van der Waals surface area contributed by atoms with Gasteiger partial charge in [0.1, 0.15) is 0 Å². The number of nitrogens with zero attached hydrogens (tertiary/aromatic N) is 1. The first-order valence-electron chi connectivity index (χ1n) is 3.15. The molecule has 0 saturated carbocycles. The molecule has 0 saturated heterocycles. The van der Waals surface area contributed by atoms with Crippen molar-refractivity contribution in [2.45, 2.75) is 6.92 Å². The van der Waals surface area contributed by atoms with E-state index in [0.29, 0.717) is 0 Å². The second-order valence-corrected chi connectivity index (χ2v) is 3.10. The van der Waals surface area contributed by atoms with E-state index in [2.05, 4.69) is 4.99 Å². The smallest absolute Gasteiger partial charge is 0.197 e. The molecule has 11 heavy (non-hydrogen) atoms. The Balaban J connectivity index is 2.97. The van der Waals surface area contributed by atoms with E-state index >= 15 is 0 Å². The van der Waals surface area contributed by atoms with Gasteiger partial charge >= 0.3 is 0 Å². The Hall–Kier alpha value is -0.530. The van der Waals surface area contributed by atoms with Crippen molar-refractivity contribution in [2.75, 3.05) is 0 Å². The average Bonchev–Trinajstić information content (AvgIpc) is 1.85. The fourth-order valence-corrected chi connectivity index (χ4v) is 0.990. The molecule has 58 valence electrons. The molecule has 0 amide bonds. The maximum absolute atomic E-state index is 5.38. The molecule has 1 aromatic carbocycles. The first-order valence-corrected chi connectivity index (χ1v) is 3.90. The Kier molecular flexibility index (Phi) is 2.92. The summed E-state index contributed by atoms with van der Waals surface area (Å²) in [7, 11) is 0. The van der Waals surface area contributed by atoms with Crippen molar-refractivity contribution in [1.29, 1.82) is 0 Å². The van der Waals surface area contributed by atoms with Crippen LogP contribution in [0.5, 0.6) is 0 Å². The number of aliphatic imine (C=N–C) groups is 1. The molecule has 0 aliphatic rings. The van der Waals surface area contributed by atoms with Gasteiger partial charge < -0.3 is 0 Å². The quantitative estimate of drug-likeness (QED) is 0.598. The van der Waals surface area contributed by atoms with Gasteiger partial charge in [-0.05, 0) is 47.8 Å². The normalized spacial score (nSPS) is 9.36. The number of rotatable bonds is 1. The predicted molar refractivity (Wildman–Crippen MR) is 50.0 cm³/mol. The van der Waals surface area contributed by atoms with Gasteiger partial charge in [-0.25, -0.2) is 4.99 Å². The SMILES string of the molecule is Cc1cccc(N=C(Cl)Cl)c1. The first kappa shape index (κ1) is 8.57. The molecule has 0 fully saturated rings. The molecule has 3 heteroatoms. The van der Waals surface area contributed by atoms with Crippen molar-refractivity contribution in [3.05, 3.63) is 29.8 Å². The van der Waals surface area contributed by atoms with Gasteiger partial charge in [0.2, 0.25) is 0 Å². The molecule has 0 radical (unpaired) electrons. The molecular weight excluding hydrogens is 181 g/mol. The van der Waals surface area contributed by atoms with Crippen LogP contribution in [0.2, 0.25) is 0 Å². The van der Waals surface area contributed by atoms with Gasteiger partial charge in [0.05, 0.1) is 5.69 Å². The fraction of sp³-hybridized carbons (Fsp3) is 0.125. The van der Waals surface area contributed by atoms with Crippen LogP contribution in [0, 0.1) is 6.92 Å². The van der Waals surface area contributed by atoms with Crippen LogP contribution in [-0.2, 0) is 0 Å². The summed E-state index contributed by atoms with van der Waals surface area (Å²) in [6.45, 7) is 1.99. The highest BCUT2D eigenvalue weighted by atomic mass is 35.5. The van der Waals surface area contributed by atoms with E-state index in [4.69, 9.17) is 23.2 Å². The minimum Gasteiger partial charge on any atom is -0.225 e. The lowest BCUT2D eigenvalue weighted by molar-refractivity contribution is 1.43. The lowest BCUT2D eigenvalue weighted by Gasteiger charge is -1.93. The van der Waals surface area contributed by atoms with Crippen molar-refractivity contribution in [2.24, 2.45) is 4.99 Å². The number of benzene rings is 1. The lowest BCUT2D eigenvalue weighted by atomic mass is 10.2. The highest BCUT2D eigenvalue weighted by molar-refractivity contribution is 6.95. The van der Waals surface area contributed by atoms with Gasteiger partial charge in [-0.1, -0.05) is 12.1 Å². The molecule has 0 bridgehead atoms.